The molecule has 0 spiro atoms. The zero-order chi connectivity index (χ0) is 16.1. The van der Waals surface area contributed by atoms with Crippen LogP contribution in [0.1, 0.15) is 23.2 Å². The van der Waals surface area contributed by atoms with Gasteiger partial charge in [0, 0.05) is 44.6 Å². The van der Waals surface area contributed by atoms with Crippen molar-refractivity contribution in [1.29, 1.82) is 0 Å². The molecule has 1 aliphatic heterocycles. The molecule has 1 fully saturated rings. The van der Waals surface area contributed by atoms with Crippen molar-refractivity contribution in [2.75, 3.05) is 38.8 Å². The molecule has 6 nitrogen and oxygen atoms in total. The third-order valence-corrected chi connectivity index (χ3v) is 3.81. The number of carbonyl (C=O) groups is 2. The lowest BCUT2D eigenvalue weighted by Gasteiger charge is -2.33. The van der Waals surface area contributed by atoms with Crippen LogP contribution in [0.4, 0.5) is 5.69 Å². The third kappa shape index (κ3) is 3.98. The molecule has 0 aliphatic carbocycles. The van der Waals surface area contributed by atoms with E-state index in [2.05, 4.69) is 0 Å². The first-order chi connectivity index (χ1) is 10.5. The van der Waals surface area contributed by atoms with Gasteiger partial charge in [-0.1, -0.05) is 6.07 Å². The van der Waals surface area contributed by atoms with Crippen molar-refractivity contribution in [3.8, 4) is 0 Å². The molecule has 0 saturated carbocycles. The fourth-order valence-corrected chi connectivity index (χ4v) is 2.59. The lowest BCUT2D eigenvalue weighted by atomic mass is 10.0. The van der Waals surface area contributed by atoms with Gasteiger partial charge in [-0.15, -0.1) is 0 Å². The highest BCUT2D eigenvalue weighted by molar-refractivity contribution is 5.96. The lowest BCUT2D eigenvalue weighted by Crippen LogP contribution is -2.46. The summed E-state index contributed by atoms with van der Waals surface area (Å²) in [5, 5.41) is 9.12. The maximum absolute atomic E-state index is 12.8. The Morgan fingerprint density at radius 3 is 2.55 bits per heavy atom. The number of hydrogen-bond donors (Lipinski definition) is 1. The fraction of sp³-hybridized carbons (Fsp3) is 0.500. The molecule has 0 unspecified atom stereocenters. The van der Waals surface area contributed by atoms with E-state index >= 15 is 0 Å². The van der Waals surface area contributed by atoms with Crippen LogP contribution in [0, 0.1) is 0 Å². The molecule has 0 aromatic heterocycles. The summed E-state index contributed by atoms with van der Waals surface area (Å²) in [7, 11) is 3.80. The van der Waals surface area contributed by atoms with E-state index in [9.17, 15) is 9.59 Å². The van der Waals surface area contributed by atoms with E-state index in [1.165, 1.54) is 4.90 Å². The Hall–Kier alpha value is -2.08. The van der Waals surface area contributed by atoms with Gasteiger partial charge in [-0.2, -0.15) is 0 Å². The Labute approximate surface area is 130 Å². The van der Waals surface area contributed by atoms with Crippen LogP contribution in [-0.4, -0.2) is 61.8 Å². The molecule has 22 heavy (non-hydrogen) atoms. The van der Waals surface area contributed by atoms with Crippen LogP contribution in [0.15, 0.2) is 24.3 Å². The second-order valence-electron chi connectivity index (χ2n) is 5.62. The largest absolute Gasteiger partial charge is 0.480 e. The molecule has 1 aromatic carbocycles. The van der Waals surface area contributed by atoms with Crippen LogP contribution in [0.25, 0.3) is 0 Å². The van der Waals surface area contributed by atoms with Gasteiger partial charge in [0.2, 0.25) is 0 Å². The van der Waals surface area contributed by atoms with Crippen LogP contribution in [-0.2, 0) is 9.53 Å². The summed E-state index contributed by atoms with van der Waals surface area (Å²) < 4.78 is 5.30. The Kier molecular flexibility index (Phi) is 5.38. The zero-order valence-corrected chi connectivity index (χ0v) is 13.0. The second-order valence-corrected chi connectivity index (χ2v) is 5.62. The number of carboxylic acids is 1. The summed E-state index contributed by atoms with van der Waals surface area (Å²) in [5.41, 5.74) is 1.42. The number of aliphatic carboxylic acids is 1. The fourth-order valence-electron chi connectivity index (χ4n) is 2.59. The molecule has 2 rings (SSSR count). The molecule has 1 aliphatic rings. The first-order valence-corrected chi connectivity index (χ1v) is 7.37. The smallest absolute Gasteiger partial charge is 0.323 e. The number of ether oxygens (including phenoxy) is 1. The minimum atomic E-state index is -0.997. The molecule has 0 bridgehead atoms. The monoisotopic (exact) mass is 306 g/mol. The number of nitrogens with zero attached hydrogens (tertiary/aromatic N) is 2. The average Bonchev–Trinajstić information content (AvgIpc) is 2.52. The van der Waals surface area contributed by atoms with Gasteiger partial charge < -0.3 is 19.6 Å². The lowest BCUT2D eigenvalue weighted by molar-refractivity contribution is -0.138. The topological polar surface area (TPSA) is 70.1 Å². The Balaban J connectivity index is 2.23. The molecule has 120 valence electrons. The van der Waals surface area contributed by atoms with Gasteiger partial charge >= 0.3 is 5.97 Å². The van der Waals surface area contributed by atoms with Crippen molar-refractivity contribution in [1.82, 2.24) is 4.90 Å². The van der Waals surface area contributed by atoms with E-state index in [0.29, 0.717) is 31.6 Å². The van der Waals surface area contributed by atoms with Gasteiger partial charge in [-0.3, -0.25) is 9.59 Å². The van der Waals surface area contributed by atoms with Crippen LogP contribution in [0.3, 0.4) is 0 Å². The van der Waals surface area contributed by atoms with Crippen molar-refractivity contribution < 1.29 is 19.4 Å². The van der Waals surface area contributed by atoms with Crippen LogP contribution < -0.4 is 4.90 Å². The molecule has 0 radical (unpaired) electrons. The van der Waals surface area contributed by atoms with Crippen molar-refractivity contribution in [3.63, 3.8) is 0 Å². The second kappa shape index (κ2) is 7.26. The van der Waals surface area contributed by atoms with E-state index in [0.717, 1.165) is 5.69 Å². The summed E-state index contributed by atoms with van der Waals surface area (Å²) >= 11 is 0. The summed E-state index contributed by atoms with van der Waals surface area (Å²) in [5.74, 6) is -1.23. The normalized spacial score (nSPS) is 15.4. The predicted octanol–water partition coefficient (Wildman–Crippen LogP) is 1.46. The number of rotatable bonds is 5. The van der Waals surface area contributed by atoms with E-state index < -0.39 is 5.97 Å². The molecule has 1 aromatic rings. The van der Waals surface area contributed by atoms with Crippen LogP contribution in [0.5, 0.6) is 0 Å². The maximum Gasteiger partial charge on any atom is 0.323 e. The number of benzene rings is 1. The van der Waals surface area contributed by atoms with E-state index in [4.69, 9.17) is 9.84 Å². The Bertz CT molecular complexity index is 539. The zero-order valence-electron chi connectivity index (χ0n) is 13.0. The molecule has 0 atom stereocenters. The highest BCUT2D eigenvalue weighted by atomic mass is 16.5. The number of amides is 1. The third-order valence-electron chi connectivity index (χ3n) is 3.81. The molecule has 1 heterocycles. The number of carboxylic acid groups (broad SMARTS) is 1. The first kappa shape index (κ1) is 16.3. The highest BCUT2D eigenvalue weighted by Gasteiger charge is 2.28. The van der Waals surface area contributed by atoms with E-state index in [-0.39, 0.29) is 18.5 Å². The Morgan fingerprint density at radius 2 is 1.95 bits per heavy atom. The van der Waals surface area contributed by atoms with Gasteiger partial charge in [0.25, 0.3) is 5.91 Å². The summed E-state index contributed by atoms with van der Waals surface area (Å²) in [6, 6.07) is 7.15. The maximum atomic E-state index is 12.8. The van der Waals surface area contributed by atoms with Gasteiger partial charge in [0.15, 0.2) is 0 Å². The number of hydrogen-bond acceptors (Lipinski definition) is 4. The summed E-state index contributed by atoms with van der Waals surface area (Å²) in [4.78, 5) is 27.3. The van der Waals surface area contributed by atoms with Crippen LogP contribution in [0.2, 0.25) is 0 Å². The van der Waals surface area contributed by atoms with Gasteiger partial charge in [-0.05, 0) is 31.0 Å². The van der Waals surface area contributed by atoms with Crippen LogP contribution >= 0.6 is 0 Å². The summed E-state index contributed by atoms with van der Waals surface area (Å²) in [6.45, 7) is 0.841. The quantitative estimate of drug-likeness (QED) is 0.892. The molecular formula is C16H22N2O4. The molecule has 1 saturated heterocycles. The summed E-state index contributed by atoms with van der Waals surface area (Å²) in [6.07, 6.45) is 1.35. The molecule has 6 heteroatoms. The average molecular weight is 306 g/mol. The molecular weight excluding hydrogens is 284 g/mol. The van der Waals surface area contributed by atoms with Crippen molar-refractivity contribution >= 4 is 17.6 Å². The van der Waals surface area contributed by atoms with Crippen molar-refractivity contribution in [3.05, 3.63) is 29.8 Å². The van der Waals surface area contributed by atoms with Crippen molar-refractivity contribution in [2.45, 2.75) is 18.9 Å². The first-order valence-electron chi connectivity index (χ1n) is 7.37. The highest BCUT2D eigenvalue weighted by Crippen LogP contribution is 2.20. The van der Waals surface area contributed by atoms with Gasteiger partial charge in [-0.25, -0.2) is 0 Å². The standard InChI is InChI=1S/C16H22N2O4/c1-17(2)14-5-3-4-12(10-14)16(21)18(11-15(19)20)13-6-8-22-9-7-13/h3-5,10,13H,6-9,11H2,1-2H3,(H,19,20). The number of anilines is 1. The van der Waals surface area contributed by atoms with E-state index in [1.54, 1.807) is 12.1 Å². The van der Waals surface area contributed by atoms with Gasteiger partial charge in [0.05, 0.1) is 0 Å². The van der Waals surface area contributed by atoms with E-state index in [1.807, 2.05) is 31.1 Å². The molecule has 1 amide bonds. The molecule has 1 N–H and O–H groups in total. The SMILES string of the molecule is CN(C)c1cccc(C(=O)N(CC(=O)O)C2CCOCC2)c1. The van der Waals surface area contributed by atoms with Crippen molar-refractivity contribution in [2.24, 2.45) is 0 Å². The van der Waals surface area contributed by atoms with Gasteiger partial charge in [0.1, 0.15) is 6.54 Å². The minimum Gasteiger partial charge on any atom is -0.480 e. The number of carbonyl (C=O) groups excluding carboxylic acids is 1. The minimum absolute atomic E-state index is 0.0830. The Morgan fingerprint density at radius 1 is 1.27 bits per heavy atom. The predicted molar refractivity (Wildman–Crippen MR) is 83.3 cm³/mol.